The van der Waals surface area contributed by atoms with Gasteiger partial charge in [-0.2, -0.15) is 0 Å². The van der Waals surface area contributed by atoms with Crippen LogP contribution < -0.4 is 4.72 Å². The number of nitrogens with one attached hydrogen (secondary N) is 1. The summed E-state index contributed by atoms with van der Waals surface area (Å²) in [6.45, 7) is 3.10. The van der Waals surface area contributed by atoms with Gasteiger partial charge in [0.2, 0.25) is 0 Å². The van der Waals surface area contributed by atoms with Crippen molar-refractivity contribution in [1.82, 2.24) is 9.71 Å². The molecule has 20 heavy (non-hydrogen) atoms. The van der Waals surface area contributed by atoms with Gasteiger partial charge < -0.3 is 9.52 Å². The molecule has 7 nitrogen and oxygen atoms in total. The van der Waals surface area contributed by atoms with E-state index in [0.29, 0.717) is 5.01 Å². The Bertz CT molecular complexity index is 745. The molecule has 0 spiro atoms. The summed E-state index contributed by atoms with van der Waals surface area (Å²) >= 11 is 1.06. The first-order chi connectivity index (χ1) is 9.29. The largest absolute Gasteiger partial charge is 0.478 e. The van der Waals surface area contributed by atoms with Gasteiger partial charge in [-0.3, -0.25) is 0 Å². The van der Waals surface area contributed by atoms with Gasteiger partial charge in [-0.05, 0) is 19.9 Å². The van der Waals surface area contributed by atoms with E-state index < -0.39 is 16.0 Å². The number of hydrogen-bond acceptors (Lipinski definition) is 6. The van der Waals surface area contributed by atoms with Crippen LogP contribution in [0.25, 0.3) is 0 Å². The molecule has 0 saturated carbocycles. The second-order valence-corrected chi connectivity index (χ2v) is 7.24. The fourth-order valence-electron chi connectivity index (χ4n) is 1.55. The highest BCUT2D eigenvalue weighted by Crippen LogP contribution is 2.19. The lowest BCUT2D eigenvalue weighted by molar-refractivity contribution is 0.0695. The molecule has 0 aliphatic carbocycles. The number of carboxylic acid groups (broad SMARTS) is 1. The molecule has 0 radical (unpaired) electrons. The lowest BCUT2D eigenvalue weighted by atomic mass is 10.2. The Kier molecular flexibility index (Phi) is 3.93. The van der Waals surface area contributed by atoms with Crippen molar-refractivity contribution in [3.05, 3.63) is 34.4 Å². The molecule has 0 aliphatic heterocycles. The molecule has 2 aromatic rings. The molecule has 0 bridgehead atoms. The summed E-state index contributed by atoms with van der Waals surface area (Å²) in [4.78, 5) is 14.7. The van der Waals surface area contributed by atoms with Crippen molar-refractivity contribution in [3.63, 3.8) is 0 Å². The summed E-state index contributed by atoms with van der Waals surface area (Å²) in [5.41, 5.74) is 0.0211. The summed E-state index contributed by atoms with van der Waals surface area (Å²) in [5, 5.41) is 9.53. The lowest BCUT2D eigenvalue weighted by Crippen LogP contribution is -2.22. The molecule has 0 atom stereocenters. The minimum absolute atomic E-state index is 0.0211. The zero-order chi connectivity index (χ0) is 14.9. The van der Waals surface area contributed by atoms with Crippen LogP contribution in [0.15, 0.2) is 20.9 Å². The predicted octanol–water partition coefficient (Wildman–Crippen LogP) is 1.53. The maximum atomic E-state index is 11.9. The van der Waals surface area contributed by atoms with Gasteiger partial charge in [0.25, 0.3) is 10.0 Å². The molecule has 0 saturated heterocycles. The number of aromatic carboxylic acids is 1. The highest BCUT2D eigenvalue weighted by molar-refractivity contribution is 7.91. The van der Waals surface area contributed by atoms with E-state index in [1.807, 2.05) is 0 Å². The summed E-state index contributed by atoms with van der Waals surface area (Å²) in [7, 11) is -3.66. The van der Waals surface area contributed by atoms with E-state index in [0.717, 1.165) is 11.3 Å². The van der Waals surface area contributed by atoms with Crippen LogP contribution in [0.4, 0.5) is 0 Å². The Morgan fingerprint density at radius 3 is 2.70 bits per heavy atom. The minimum Gasteiger partial charge on any atom is -0.478 e. The van der Waals surface area contributed by atoms with E-state index >= 15 is 0 Å². The number of thiazole rings is 1. The molecule has 2 aromatic heterocycles. The van der Waals surface area contributed by atoms with Gasteiger partial charge in [-0.25, -0.2) is 22.9 Å². The van der Waals surface area contributed by atoms with Crippen LogP contribution >= 0.6 is 11.3 Å². The van der Waals surface area contributed by atoms with E-state index in [1.165, 1.54) is 19.2 Å². The molecule has 0 fully saturated rings. The second kappa shape index (κ2) is 5.35. The van der Waals surface area contributed by atoms with Gasteiger partial charge in [0.1, 0.15) is 17.1 Å². The van der Waals surface area contributed by atoms with Gasteiger partial charge in [0.05, 0.1) is 17.7 Å². The number of nitrogens with zero attached hydrogens (tertiary/aromatic N) is 1. The van der Waals surface area contributed by atoms with Gasteiger partial charge in [0.15, 0.2) is 4.21 Å². The molecule has 0 aliphatic rings. The van der Waals surface area contributed by atoms with Gasteiger partial charge in [0, 0.05) is 0 Å². The Morgan fingerprint density at radius 2 is 2.20 bits per heavy atom. The number of sulfonamides is 1. The lowest BCUT2D eigenvalue weighted by Gasteiger charge is -2.01. The molecule has 0 aromatic carbocycles. The van der Waals surface area contributed by atoms with Crippen LogP contribution in [0.5, 0.6) is 0 Å². The van der Waals surface area contributed by atoms with E-state index in [-0.39, 0.29) is 27.8 Å². The minimum atomic E-state index is -3.66. The van der Waals surface area contributed by atoms with E-state index in [9.17, 15) is 13.2 Å². The topological polar surface area (TPSA) is 110 Å². The fourth-order valence-corrected chi connectivity index (χ4v) is 3.69. The Labute approximate surface area is 119 Å². The smallest absolute Gasteiger partial charge is 0.339 e. The van der Waals surface area contributed by atoms with Crippen LogP contribution in [0.3, 0.4) is 0 Å². The zero-order valence-corrected chi connectivity index (χ0v) is 12.3. The van der Waals surface area contributed by atoms with Crippen molar-refractivity contribution in [2.45, 2.75) is 24.6 Å². The van der Waals surface area contributed by atoms with Gasteiger partial charge in [-0.15, -0.1) is 11.3 Å². The van der Waals surface area contributed by atoms with Crippen LogP contribution in [0.2, 0.25) is 0 Å². The standard InChI is InChI=1S/C11H12N2O5S2/c1-6-9(11(14)15)3-8(18-6)4-13-20(16,17)10-5-12-7(2)19-10/h3,5,13H,4H2,1-2H3,(H,14,15). The van der Waals surface area contributed by atoms with Crippen LogP contribution in [0, 0.1) is 13.8 Å². The highest BCUT2D eigenvalue weighted by atomic mass is 32.2. The summed E-state index contributed by atoms with van der Waals surface area (Å²) in [6.07, 6.45) is 1.28. The first-order valence-corrected chi connectivity index (χ1v) is 7.84. The molecule has 2 heterocycles. The van der Waals surface area contributed by atoms with Crippen molar-refractivity contribution in [3.8, 4) is 0 Å². The van der Waals surface area contributed by atoms with Gasteiger partial charge >= 0.3 is 5.97 Å². The van der Waals surface area contributed by atoms with Crippen molar-refractivity contribution in [1.29, 1.82) is 0 Å². The second-order valence-electron chi connectivity index (χ2n) is 4.01. The predicted molar refractivity (Wildman–Crippen MR) is 71.3 cm³/mol. The number of aromatic nitrogens is 1. The van der Waals surface area contributed by atoms with Crippen LogP contribution in [-0.4, -0.2) is 24.5 Å². The Morgan fingerprint density at radius 1 is 1.50 bits per heavy atom. The molecular weight excluding hydrogens is 304 g/mol. The number of furan rings is 1. The fraction of sp³-hybridized carbons (Fsp3) is 0.273. The molecule has 2 rings (SSSR count). The number of hydrogen-bond donors (Lipinski definition) is 2. The number of aryl methyl sites for hydroxylation is 2. The zero-order valence-electron chi connectivity index (χ0n) is 10.7. The summed E-state index contributed by atoms with van der Waals surface area (Å²) in [5.74, 6) is -0.636. The molecule has 0 unspecified atom stereocenters. The third-order valence-corrected chi connectivity index (χ3v) is 5.28. The average molecular weight is 316 g/mol. The van der Waals surface area contributed by atoms with E-state index in [4.69, 9.17) is 9.52 Å². The quantitative estimate of drug-likeness (QED) is 0.865. The summed E-state index contributed by atoms with van der Waals surface area (Å²) in [6, 6.07) is 1.30. The van der Waals surface area contributed by atoms with E-state index in [2.05, 4.69) is 9.71 Å². The molecule has 0 amide bonds. The Balaban J connectivity index is 2.12. The van der Waals surface area contributed by atoms with Crippen molar-refractivity contribution >= 4 is 27.3 Å². The van der Waals surface area contributed by atoms with Crippen molar-refractivity contribution < 1.29 is 22.7 Å². The maximum Gasteiger partial charge on any atom is 0.339 e. The van der Waals surface area contributed by atoms with Gasteiger partial charge in [-0.1, -0.05) is 0 Å². The van der Waals surface area contributed by atoms with Crippen molar-refractivity contribution in [2.24, 2.45) is 0 Å². The number of carbonyl (C=O) groups is 1. The molecule has 9 heteroatoms. The average Bonchev–Trinajstić information content (AvgIpc) is 2.93. The first kappa shape index (κ1) is 14.7. The van der Waals surface area contributed by atoms with Crippen LogP contribution in [0.1, 0.15) is 26.9 Å². The third-order valence-electron chi connectivity index (χ3n) is 2.50. The molecular formula is C11H12N2O5S2. The molecule has 108 valence electrons. The SMILES string of the molecule is Cc1ncc(S(=O)(=O)NCc2cc(C(=O)O)c(C)o2)s1. The number of rotatable bonds is 5. The van der Waals surface area contributed by atoms with E-state index in [1.54, 1.807) is 6.92 Å². The first-order valence-electron chi connectivity index (χ1n) is 5.54. The normalized spacial score (nSPS) is 11.7. The monoisotopic (exact) mass is 316 g/mol. The Hall–Kier alpha value is -1.71. The maximum absolute atomic E-state index is 11.9. The van der Waals surface area contributed by atoms with Crippen LogP contribution in [-0.2, 0) is 16.6 Å². The van der Waals surface area contributed by atoms with Crippen molar-refractivity contribution in [2.75, 3.05) is 0 Å². The third kappa shape index (κ3) is 3.06. The summed E-state index contributed by atoms with van der Waals surface area (Å²) < 4.78 is 31.5. The highest BCUT2D eigenvalue weighted by Gasteiger charge is 2.19. The number of carboxylic acids is 1. The molecule has 2 N–H and O–H groups in total.